The number of amidine groups is 2. The Bertz CT molecular complexity index is 2540. The zero-order valence-electron chi connectivity index (χ0n) is 26.1. The highest BCUT2D eigenvalue weighted by Gasteiger charge is 2.20. The van der Waals surface area contributed by atoms with E-state index in [1.54, 1.807) is 6.08 Å². The summed E-state index contributed by atoms with van der Waals surface area (Å²) in [5.41, 5.74) is 6.00. The molecule has 0 radical (unpaired) electrons. The zero-order valence-corrected chi connectivity index (χ0v) is 26.1. The van der Waals surface area contributed by atoms with Crippen LogP contribution in [0.2, 0.25) is 0 Å². The molecule has 0 saturated carbocycles. The molecule has 5 aromatic carbocycles. The first-order valence-electron chi connectivity index (χ1n) is 16.0. The molecule has 7 aromatic rings. The number of aliphatic imine (C=N–C) groups is 2. The first kappa shape index (κ1) is 29.1. The third-order valence-corrected chi connectivity index (χ3v) is 8.74. The molecule has 1 N–H and O–H groups in total. The number of hydrogen-bond donors (Lipinski definition) is 1. The first-order chi connectivity index (χ1) is 23.7. The van der Waals surface area contributed by atoms with Gasteiger partial charge in [0.05, 0.1) is 0 Å². The molecule has 5 heteroatoms. The highest BCUT2D eigenvalue weighted by molar-refractivity contribution is 6.22. The third-order valence-electron chi connectivity index (χ3n) is 8.74. The first-order valence-corrected chi connectivity index (χ1v) is 16.0. The molecule has 0 bridgehead atoms. The topological polar surface area (TPSA) is 74.8 Å². The van der Waals surface area contributed by atoms with Gasteiger partial charge < -0.3 is 8.83 Å². The maximum Gasteiger partial charge on any atom is 0.162 e. The fraction of sp³-hybridized carbons (Fsp3) is 0.0465. The van der Waals surface area contributed by atoms with E-state index in [0.717, 1.165) is 60.5 Å². The van der Waals surface area contributed by atoms with E-state index in [-0.39, 0.29) is 11.8 Å². The molecule has 8 rings (SSSR count). The molecule has 0 saturated heterocycles. The molecule has 1 atom stereocenters. The van der Waals surface area contributed by atoms with Crippen molar-refractivity contribution in [3.8, 4) is 11.1 Å². The van der Waals surface area contributed by atoms with E-state index in [9.17, 15) is 0 Å². The highest BCUT2D eigenvalue weighted by atomic mass is 16.3. The standard InChI is InChI=1S/C43H31N3O2/c1-2-3-20-37-35(40-32(18-11-22-38(40)48-37)31-25-24-28-13-7-8-16-30(28)26-31)27-45-43(46-42(44)29-14-5-4-6-15-29)34-19-12-23-39-41(34)33-17-9-10-21-36(33)47-39/h2-14,16-27,29,44H,1,15H2/b20-3-,44-42?,45-27?,46-43?. The summed E-state index contributed by atoms with van der Waals surface area (Å²) in [6.45, 7) is 3.87. The number of allylic oxidation sites excluding steroid dienone is 5. The van der Waals surface area contributed by atoms with Crippen LogP contribution >= 0.6 is 0 Å². The second-order valence-electron chi connectivity index (χ2n) is 11.7. The number of furan rings is 2. The lowest BCUT2D eigenvalue weighted by Gasteiger charge is -2.12. The normalized spacial score (nSPS) is 15.2. The Morgan fingerprint density at radius 3 is 2.44 bits per heavy atom. The molecule has 48 heavy (non-hydrogen) atoms. The van der Waals surface area contributed by atoms with Crippen LogP contribution in [0.15, 0.2) is 165 Å². The summed E-state index contributed by atoms with van der Waals surface area (Å²) < 4.78 is 12.7. The van der Waals surface area contributed by atoms with Gasteiger partial charge in [0.1, 0.15) is 28.3 Å². The van der Waals surface area contributed by atoms with Crippen LogP contribution in [0.4, 0.5) is 0 Å². The molecule has 1 aliphatic carbocycles. The fourth-order valence-electron chi connectivity index (χ4n) is 6.42. The molecule has 0 fully saturated rings. The zero-order chi connectivity index (χ0) is 32.5. The number of rotatable bonds is 6. The largest absolute Gasteiger partial charge is 0.456 e. The summed E-state index contributed by atoms with van der Waals surface area (Å²) in [5, 5.41) is 14.2. The molecule has 1 unspecified atom stereocenters. The average molecular weight is 622 g/mol. The molecule has 0 aliphatic heterocycles. The van der Waals surface area contributed by atoms with Crippen LogP contribution in [0, 0.1) is 11.3 Å². The Balaban J connectivity index is 1.34. The van der Waals surface area contributed by atoms with Gasteiger partial charge >= 0.3 is 0 Å². The van der Waals surface area contributed by atoms with E-state index in [1.165, 1.54) is 5.39 Å². The van der Waals surface area contributed by atoms with Crippen molar-refractivity contribution in [2.45, 2.75) is 6.42 Å². The van der Waals surface area contributed by atoms with Crippen LogP contribution < -0.4 is 0 Å². The van der Waals surface area contributed by atoms with Crippen molar-refractivity contribution in [1.29, 1.82) is 5.41 Å². The Kier molecular flexibility index (Phi) is 7.55. The predicted octanol–water partition coefficient (Wildman–Crippen LogP) is 11.3. The minimum atomic E-state index is -0.138. The van der Waals surface area contributed by atoms with Gasteiger partial charge in [0.2, 0.25) is 0 Å². The number of nitrogens with zero attached hydrogens (tertiary/aromatic N) is 2. The average Bonchev–Trinajstić information content (AvgIpc) is 3.70. The Morgan fingerprint density at radius 2 is 1.58 bits per heavy atom. The second kappa shape index (κ2) is 12.5. The van der Waals surface area contributed by atoms with Gasteiger partial charge in [0.25, 0.3) is 0 Å². The van der Waals surface area contributed by atoms with Crippen molar-refractivity contribution in [2.75, 3.05) is 0 Å². The maximum atomic E-state index is 9.02. The summed E-state index contributed by atoms with van der Waals surface area (Å²) in [5.74, 6) is 1.19. The smallest absolute Gasteiger partial charge is 0.162 e. The summed E-state index contributed by atoms with van der Waals surface area (Å²) >= 11 is 0. The van der Waals surface area contributed by atoms with Gasteiger partial charge in [-0.05, 0) is 58.7 Å². The van der Waals surface area contributed by atoms with Crippen LogP contribution in [-0.2, 0) is 0 Å². The van der Waals surface area contributed by atoms with Crippen molar-refractivity contribution in [3.05, 3.63) is 163 Å². The molecule has 0 amide bonds. The number of nitrogens with one attached hydrogen (secondary N) is 1. The SMILES string of the molecule is C=C/C=C\c1oc2cccc(-c3ccc4ccccc4c3)c2c1C=NC(=NC(=N)C1C=CC=CC1)c1cccc2oc3ccccc3c12. The van der Waals surface area contributed by atoms with E-state index in [1.807, 2.05) is 91.2 Å². The molecular formula is C43H31N3O2. The monoisotopic (exact) mass is 621 g/mol. The molecule has 5 nitrogen and oxygen atoms in total. The summed E-state index contributed by atoms with van der Waals surface area (Å²) in [6, 6.07) is 34.9. The minimum absolute atomic E-state index is 0.138. The van der Waals surface area contributed by atoms with Crippen LogP contribution in [0.1, 0.15) is 23.3 Å². The van der Waals surface area contributed by atoms with Gasteiger partial charge in [-0.2, -0.15) is 0 Å². The maximum absolute atomic E-state index is 9.02. The minimum Gasteiger partial charge on any atom is -0.456 e. The lowest BCUT2D eigenvalue weighted by atomic mass is 9.96. The summed E-state index contributed by atoms with van der Waals surface area (Å²) in [6.07, 6.45) is 16.1. The van der Waals surface area contributed by atoms with E-state index in [2.05, 4.69) is 61.2 Å². The lowest BCUT2D eigenvalue weighted by Crippen LogP contribution is -2.12. The van der Waals surface area contributed by atoms with Crippen molar-refractivity contribution in [3.63, 3.8) is 0 Å². The highest BCUT2D eigenvalue weighted by Crippen LogP contribution is 2.37. The molecule has 230 valence electrons. The lowest BCUT2D eigenvalue weighted by molar-refractivity contribution is 0.603. The third kappa shape index (κ3) is 5.31. The van der Waals surface area contributed by atoms with Gasteiger partial charge in [0.15, 0.2) is 5.84 Å². The molecule has 2 aromatic heterocycles. The van der Waals surface area contributed by atoms with Gasteiger partial charge in [-0.1, -0.05) is 122 Å². The Hall–Kier alpha value is -6.33. The van der Waals surface area contributed by atoms with Crippen molar-refractivity contribution in [1.82, 2.24) is 0 Å². The molecule has 2 heterocycles. The summed E-state index contributed by atoms with van der Waals surface area (Å²) in [7, 11) is 0. The van der Waals surface area contributed by atoms with Crippen LogP contribution in [0.3, 0.4) is 0 Å². The molecule has 1 aliphatic rings. The van der Waals surface area contributed by atoms with Crippen molar-refractivity contribution >= 4 is 67.6 Å². The van der Waals surface area contributed by atoms with Crippen LogP contribution in [-0.4, -0.2) is 17.9 Å². The quantitative estimate of drug-likeness (QED) is 0.114. The Labute approximate surface area is 277 Å². The van der Waals surface area contributed by atoms with Crippen molar-refractivity contribution < 1.29 is 8.83 Å². The van der Waals surface area contributed by atoms with E-state index >= 15 is 0 Å². The summed E-state index contributed by atoms with van der Waals surface area (Å²) in [4.78, 5) is 10.00. The fourth-order valence-corrected chi connectivity index (χ4v) is 6.42. The number of benzene rings is 5. The molecule has 0 spiro atoms. The van der Waals surface area contributed by atoms with Crippen LogP contribution in [0.5, 0.6) is 0 Å². The number of hydrogen-bond acceptors (Lipinski definition) is 3. The number of para-hydroxylation sites is 1. The Morgan fingerprint density at radius 1 is 0.792 bits per heavy atom. The van der Waals surface area contributed by atoms with E-state index in [4.69, 9.17) is 24.2 Å². The van der Waals surface area contributed by atoms with E-state index in [0.29, 0.717) is 18.0 Å². The predicted molar refractivity (Wildman–Crippen MR) is 200 cm³/mol. The molecular weight excluding hydrogens is 590 g/mol. The van der Waals surface area contributed by atoms with Gasteiger partial charge in [0, 0.05) is 39.4 Å². The van der Waals surface area contributed by atoms with Crippen LogP contribution in [0.25, 0.3) is 60.9 Å². The van der Waals surface area contributed by atoms with Gasteiger partial charge in [-0.25, -0.2) is 9.98 Å². The van der Waals surface area contributed by atoms with E-state index < -0.39 is 0 Å². The van der Waals surface area contributed by atoms with Crippen molar-refractivity contribution in [2.24, 2.45) is 15.9 Å². The van der Waals surface area contributed by atoms with Gasteiger partial charge in [-0.3, -0.25) is 5.41 Å². The second-order valence-corrected chi connectivity index (χ2v) is 11.7. The van der Waals surface area contributed by atoms with Gasteiger partial charge in [-0.15, -0.1) is 0 Å². The number of fused-ring (bicyclic) bond motifs is 5.